The molecule has 0 spiro atoms. The SMILES string of the molecule is Cc1ccc(CNC(=O)c2ccc(I)c(O)c2)cn1. The van der Waals surface area contributed by atoms with E-state index in [-0.39, 0.29) is 11.7 Å². The van der Waals surface area contributed by atoms with Gasteiger partial charge in [-0.15, -0.1) is 0 Å². The lowest BCUT2D eigenvalue weighted by Crippen LogP contribution is -2.22. The molecule has 0 fully saturated rings. The van der Waals surface area contributed by atoms with Gasteiger partial charge in [0, 0.05) is 24.0 Å². The van der Waals surface area contributed by atoms with E-state index < -0.39 is 0 Å². The van der Waals surface area contributed by atoms with Crippen LogP contribution in [-0.4, -0.2) is 16.0 Å². The highest BCUT2D eigenvalue weighted by Crippen LogP contribution is 2.20. The summed E-state index contributed by atoms with van der Waals surface area (Å²) in [5.41, 5.74) is 2.32. The number of hydrogen-bond donors (Lipinski definition) is 2. The van der Waals surface area contributed by atoms with Gasteiger partial charge >= 0.3 is 0 Å². The van der Waals surface area contributed by atoms with Crippen molar-refractivity contribution in [3.05, 3.63) is 56.9 Å². The second-order valence-electron chi connectivity index (χ2n) is 4.16. The van der Waals surface area contributed by atoms with E-state index in [2.05, 4.69) is 10.3 Å². The van der Waals surface area contributed by atoms with Crippen LogP contribution >= 0.6 is 22.6 Å². The second kappa shape index (κ2) is 6.01. The summed E-state index contributed by atoms with van der Waals surface area (Å²) >= 11 is 2.01. The second-order valence-corrected chi connectivity index (χ2v) is 5.32. The van der Waals surface area contributed by atoms with E-state index in [4.69, 9.17) is 0 Å². The molecule has 4 nitrogen and oxygen atoms in total. The van der Waals surface area contributed by atoms with Gasteiger partial charge in [0.1, 0.15) is 5.75 Å². The van der Waals surface area contributed by atoms with Crippen LogP contribution in [0.25, 0.3) is 0 Å². The smallest absolute Gasteiger partial charge is 0.251 e. The highest BCUT2D eigenvalue weighted by Gasteiger charge is 2.07. The zero-order chi connectivity index (χ0) is 13.8. The number of aromatic nitrogens is 1. The minimum absolute atomic E-state index is 0.116. The monoisotopic (exact) mass is 368 g/mol. The summed E-state index contributed by atoms with van der Waals surface area (Å²) in [6.45, 7) is 2.33. The lowest BCUT2D eigenvalue weighted by molar-refractivity contribution is 0.0950. The molecule has 2 rings (SSSR count). The molecule has 0 bridgehead atoms. The van der Waals surface area contributed by atoms with Gasteiger partial charge in [0.25, 0.3) is 5.91 Å². The lowest BCUT2D eigenvalue weighted by Gasteiger charge is -2.06. The quantitative estimate of drug-likeness (QED) is 0.819. The summed E-state index contributed by atoms with van der Waals surface area (Å²) in [5.74, 6) is -0.0995. The first-order chi connectivity index (χ1) is 9.06. The number of phenolic OH excluding ortho intramolecular Hbond substituents is 1. The summed E-state index contributed by atoms with van der Waals surface area (Å²) in [6, 6.07) is 8.68. The van der Waals surface area contributed by atoms with Crippen molar-refractivity contribution in [1.29, 1.82) is 0 Å². The number of aryl methyl sites for hydroxylation is 1. The van der Waals surface area contributed by atoms with Gasteiger partial charge in [0.15, 0.2) is 0 Å². The number of nitrogens with zero attached hydrogens (tertiary/aromatic N) is 1. The average molecular weight is 368 g/mol. The Labute approximate surface area is 125 Å². The molecule has 19 heavy (non-hydrogen) atoms. The lowest BCUT2D eigenvalue weighted by atomic mass is 10.2. The molecule has 1 aromatic carbocycles. The highest BCUT2D eigenvalue weighted by molar-refractivity contribution is 14.1. The topological polar surface area (TPSA) is 62.2 Å². The molecule has 0 unspecified atom stereocenters. The molecular formula is C14H13IN2O2. The van der Waals surface area contributed by atoms with Crippen molar-refractivity contribution >= 4 is 28.5 Å². The number of nitrogens with one attached hydrogen (secondary N) is 1. The first-order valence-electron chi connectivity index (χ1n) is 5.74. The maximum atomic E-state index is 11.9. The molecule has 0 aliphatic rings. The molecular weight excluding hydrogens is 355 g/mol. The Kier molecular flexibility index (Phi) is 4.36. The normalized spacial score (nSPS) is 10.2. The maximum absolute atomic E-state index is 11.9. The summed E-state index contributed by atoms with van der Waals surface area (Å²) < 4.78 is 0.719. The number of phenols is 1. The van der Waals surface area contributed by atoms with Crippen LogP contribution in [0.3, 0.4) is 0 Å². The summed E-state index contributed by atoms with van der Waals surface area (Å²) in [7, 11) is 0. The first-order valence-corrected chi connectivity index (χ1v) is 6.82. The van der Waals surface area contributed by atoms with Crippen LogP contribution in [0.2, 0.25) is 0 Å². The van der Waals surface area contributed by atoms with Crippen molar-refractivity contribution < 1.29 is 9.90 Å². The molecule has 0 saturated heterocycles. The number of benzene rings is 1. The van der Waals surface area contributed by atoms with Crippen LogP contribution in [-0.2, 0) is 6.54 Å². The van der Waals surface area contributed by atoms with Crippen LogP contribution < -0.4 is 5.32 Å². The Hall–Kier alpha value is -1.63. The fourth-order valence-corrected chi connectivity index (χ4v) is 1.88. The molecule has 0 atom stereocenters. The zero-order valence-corrected chi connectivity index (χ0v) is 12.5. The molecule has 1 amide bonds. The number of rotatable bonds is 3. The maximum Gasteiger partial charge on any atom is 0.251 e. The number of aromatic hydroxyl groups is 1. The van der Waals surface area contributed by atoms with Gasteiger partial charge in [-0.3, -0.25) is 9.78 Å². The predicted octanol–water partition coefficient (Wildman–Crippen LogP) is 2.63. The number of carbonyl (C=O) groups excluding carboxylic acids is 1. The fraction of sp³-hybridized carbons (Fsp3) is 0.143. The van der Waals surface area contributed by atoms with Gasteiger partial charge in [0.05, 0.1) is 3.57 Å². The summed E-state index contributed by atoms with van der Waals surface area (Å²) in [4.78, 5) is 16.1. The Balaban J connectivity index is 2.01. The molecule has 0 aliphatic heterocycles. The average Bonchev–Trinajstić information content (AvgIpc) is 2.41. The Morgan fingerprint density at radius 3 is 2.79 bits per heavy atom. The highest BCUT2D eigenvalue weighted by atomic mass is 127. The van der Waals surface area contributed by atoms with Gasteiger partial charge < -0.3 is 10.4 Å². The van der Waals surface area contributed by atoms with Gasteiger partial charge in [0.2, 0.25) is 0 Å². The molecule has 98 valence electrons. The van der Waals surface area contributed by atoms with E-state index in [1.54, 1.807) is 18.3 Å². The third-order valence-electron chi connectivity index (χ3n) is 2.63. The molecule has 2 N–H and O–H groups in total. The molecule has 0 saturated carbocycles. The van der Waals surface area contributed by atoms with Gasteiger partial charge in [-0.25, -0.2) is 0 Å². The van der Waals surface area contributed by atoms with Gasteiger partial charge in [-0.05, 0) is 59.3 Å². The largest absolute Gasteiger partial charge is 0.507 e. The minimum atomic E-state index is -0.215. The number of carbonyl (C=O) groups is 1. The van der Waals surface area contributed by atoms with E-state index >= 15 is 0 Å². The van der Waals surface area contributed by atoms with Crippen LogP contribution in [0.4, 0.5) is 0 Å². The number of halogens is 1. The molecule has 0 aliphatic carbocycles. The Morgan fingerprint density at radius 2 is 2.16 bits per heavy atom. The number of hydrogen-bond acceptors (Lipinski definition) is 3. The van der Waals surface area contributed by atoms with Crippen molar-refractivity contribution in [3.63, 3.8) is 0 Å². The summed E-state index contributed by atoms with van der Waals surface area (Å²) in [6.07, 6.45) is 1.74. The Morgan fingerprint density at radius 1 is 1.37 bits per heavy atom. The molecule has 0 radical (unpaired) electrons. The summed E-state index contributed by atoms with van der Waals surface area (Å²) in [5, 5.41) is 12.4. The van der Waals surface area contributed by atoms with Crippen molar-refractivity contribution in [2.24, 2.45) is 0 Å². The zero-order valence-electron chi connectivity index (χ0n) is 10.4. The third-order valence-corrected chi connectivity index (χ3v) is 3.55. The van der Waals surface area contributed by atoms with E-state index in [0.717, 1.165) is 14.8 Å². The van der Waals surface area contributed by atoms with Gasteiger partial charge in [-0.2, -0.15) is 0 Å². The molecule has 1 heterocycles. The standard InChI is InChI=1S/C14H13IN2O2/c1-9-2-3-10(7-16-9)8-17-14(19)11-4-5-12(15)13(18)6-11/h2-7,18H,8H2,1H3,(H,17,19). The fourth-order valence-electron chi connectivity index (χ4n) is 1.54. The molecule has 2 aromatic rings. The molecule has 1 aromatic heterocycles. The van der Waals surface area contributed by atoms with Crippen LogP contribution in [0.15, 0.2) is 36.5 Å². The molecule has 5 heteroatoms. The number of amides is 1. The van der Waals surface area contributed by atoms with Crippen molar-refractivity contribution in [1.82, 2.24) is 10.3 Å². The van der Waals surface area contributed by atoms with E-state index in [0.29, 0.717) is 12.1 Å². The van der Waals surface area contributed by atoms with Gasteiger partial charge in [-0.1, -0.05) is 6.07 Å². The van der Waals surface area contributed by atoms with E-state index in [1.807, 2.05) is 41.6 Å². The predicted molar refractivity (Wildman–Crippen MR) is 81.0 cm³/mol. The first kappa shape index (κ1) is 13.8. The van der Waals surface area contributed by atoms with Crippen LogP contribution in [0.5, 0.6) is 5.75 Å². The van der Waals surface area contributed by atoms with Crippen LogP contribution in [0.1, 0.15) is 21.6 Å². The van der Waals surface area contributed by atoms with E-state index in [1.165, 1.54) is 6.07 Å². The Bertz CT molecular complexity index is 597. The number of pyridine rings is 1. The van der Waals surface area contributed by atoms with E-state index in [9.17, 15) is 9.90 Å². The van der Waals surface area contributed by atoms with Crippen LogP contribution in [0, 0.1) is 10.5 Å². The van der Waals surface area contributed by atoms with Crippen molar-refractivity contribution in [2.75, 3.05) is 0 Å². The minimum Gasteiger partial charge on any atom is -0.507 e. The van der Waals surface area contributed by atoms with Crippen molar-refractivity contribution in [3.8, 4) is 5.75 Å². The van der Waals surface area contributed by atoms with Crippen molar-refractivity contribution in [2.45, 2.75) is 13.5 Å². The third kappa shape index (κ3) is 3.66.